The molecule has 1 heterocycles. The van der Waals surface area contributed by atoms with Crippen molar-refractivity contribution < 1.29 is 14.3 Å². The van der Waals surface area contributed by atoms with Gasteiger partial charge in [0.2, 0.25) is 0 Å². The molecule has 0 bridgehead atoms. The minimum Gasteiger partial charge on any atom is -0.493 e. The quantitative estimate of drug-likeness (QED) is 0.596. The van der Waals surface area contributed by atoms with Crippen LogP contribution in [0.25, 0.3) is 10.2 Å². The molecule has 0 aliphatic carbocycles. The van der Waals surface area contributed by atoms with Crippen molar-refractivity contribution in [2.45, 2.75) is 20.4 Å². The summed E-state index contributed by atoms with van der Waals surface area (Å²) in [7, 11) is 3.24. The van der Waals surface area contributed by atoms with Gasteiger partial charge in [0.15, 0.2) is 16.3 Å². The zero-order valence-electron chi connectivity index (χ0n) is 16.7. The zero-order valence-corrected chi connectivity index (χ0v) is 18.4. The number of aromatic nitrogens is 1. The number of rotatable bonds is 6. The Kier molecular flexibility index (Phi) is 6.46. The first-order chi connectivity index (χ1) is 13.5. The third-order valence-corrected chi connectivity index (χ3v) is 6.15. The second-order valence-electron chi connectivity index (χ2n) is 6.44. The van der Waals surface area contributed by atoms with Gasteiger partial charge in [-0.25, -0.2) is 0 Å². The van der Waals surface area contributed by atoms with Crippen molar-refractivity contribution in [1.29, 1.82) is 0 Å². The molecule has 0 saturated carbocycles. The van der Waals surface area contributed by atoms with E-state index in [4.69, 9.17) is 9.47 Å². The minimum atomic E-state index is -0.221. The van der Waals surface area contributed by atoms with Crippen molar-refractivity contribution in [2.24, 2.45) is 4.99 Å². The van der Waals surface area contributed by atoms with Crippen LogP contribution < -0.4 is 14.3 Å². The number of aryl methyl sites for hydroxylation is 3. The summed E-state index contributed by atoms with van der Waals surface area (Å²) in [6, 6.07) is 9.69. The van der Waals surface area contributed by atoms with E-state index in [1.54, 1.807) is 26.0 Å². The number of hydrogen-bond acceptors (Lipinski definition) is 5. The molecule has 2 aromatic carbocycles. The van der Waals surface area contributed by atoms with E-state index in [-0.39, 0.29) is 5.91 Å². The van der Waals surface area contributed by atoms with E-state index >= 15 is 0 Å². The monoisotopic (exact) mass is 416 g/mol. The first kappa shape index (κ1) is 20.5. The summed E-state index contributed by atoms with van der Waals surface area (Å²) >= 11 is 3.24. The molecule has 1 amide bonds. The van der Waals surface area contributed by atoms with Crippen molar-refractivity contribution in [2.75, 3.05) is 26.2 Å². The lowest BCUT2D eigenvalue weighted by molar-refractivity contribution is 0.0997. The van der Waals surface area contributed by atoms with E-state index in [9.17, 15) is 4.79 Å². The molecular weight excluding hydrogens is 392 g/mol. The Labute approximate surface area is 173 Å². The lowest BCUT2D eigenvalue weighted by atomic mass is 10.1. The smallest absolute Gasteiger partial charge is 0.279 e. The maximum atomic E-state index is 12.9. The number of benzene rings is 2. The summed E-state index contributed by atoms with van der Waals surface area (Å²) in [5.41, 5.74) is 3.69. The Morgan fingerprint density at radius 3 is 2.50 bits per heavy atom. The maximum absolute atomic E-state index is 12.9. The fourth-order valence-corrected chi connectivity index (χ4v) is 4.51. The first-order valence-corrected chi connectivity index (χ1v) is 11.1. The summed E-state index contributed by atoms with van der Waals surface area (Å²) < 4.78 is 14.0. The third kappa shape index (κ3) is 4.10. The molecule has 0 unspecified atom stereocenters. The number of fused-ring (bicyclic) bond motifs is 1. The largest absolute Gasteiger partial charge is 0.493 e. The van der Waals surface area contributed by atoms with Crippen LogP contribution in [0.2, 0.25) is 0 Å². The van der Waals surface area contributed by atoms with Crippen LogP contribution in [-0.2, 0) is 6.54 Å². The van der Waals surface area contributed by atoms with Gasteiger partial charge >= 0.3 is 0 Å². The van der Waals surface area contributed by atoms with Crippen LogP contribution >= 0.6 is 23.1 Å². The van der Waals surface area contributed by atoms with Crippen molar-refractivity contribution in [1.82, 2.24) is 4.57 Å². The van der Waals surface area contributed by atoms with Crippen LogP contribution in [0.3, 0.4) is 0 Å². The number of hydrogen-bond donors (Lipinski definition) is 0. The van der Waals surface area contributed by atoms with Gasteiger partial charge in [-0.2, -0.15) is 16.8 Å². The highest BCUT2D eigenvalue weighted by Gasteiger charge is 2.14. The Balaban J connectivity index is 2.17. The molecular formula is C21H24N2O3S2. The second-order valence-corrected chi connectivity index (χ2v) is 8.43. The van der Waals surface area contributed by atoms with Gasteiger partial charge in [-0.05, 0) is 31.7 Å². The third-order valence-electron chi connectivity index (χ3n) is 4.52. The molecule has 0 fully saturated rings. The number of ether oxygens (including phenoxy) is 2. The second kappa shape index (κ2) is 8.84. The number of carbonyl (C=O) groups is 1. The maximum Gasteiger partial charge on any atom is 0.279 e. The summed E-state index contributed by atoms with van der Waals surface area (Å²) in [4.78, 5) is 18.0. The SMILES string of the molecule is COc1cc2sc(=NC(=O)c3ccc(C)cc3C)n(CCSC)c2cc1OC. The molecule has 0 radical (unpaired) electrons. The summed E-state index contributed by atoms with van der Waals surface area (Å²) in [6.07, 6.45) is 2.07. The zero-order chi connectivity index (χ0) is 20.3. The number of carbonyl (C=O) groups excluding carboxylic acids is 1. The van der Waals surface area contributed by atoms with Crippen LogP contribution in [0.1, 0.15) is 21.5 Å². The van der Waals surface area contributed by atoms with Crippen LogP contribution in [0.15, 0.2) is 35.3 Å². The predicted molar refractivity (Wildman–Crippen MR) is 117 cm³/mol. The van der Waals surface area contributed by atoms with E-state index in [1.165, 1.54) is 11.3 Å². The Hall–Kier alpha value is -2.25. The van der Waals surface area contributed by atoms with Crippen LogP contribution in [0.5, 0.6) is 11.5 Å². The summed E-state index contributed by atoms with van der Waals surface area (Å²) in [5, 5.41) is 0. The van der Waals surface area contributed by atoms with Gasteiger partial charge in [0.1, 0.15) is 0 Å². The molecule has 0 aliphatic rings. The molecule has 0 spiro atoms. The first-order valence-electron chi connectivity index (χ1n) is 8.89. The molecule has 28 heavy (non-hydrogen) atoms. The highest BCUT2D eigenvalue weighted by atomic mass is 32.2. The van der Waals surface area contributed by atoms with Gasteiger partial charge in [0.05, 0.1) is 24.4 Å². The molecule has 7 heteroatoms. The van der Waals surface area contributed by atoms with Gasteiger partial charge in [0, 0.05) is 30.0 Å². The molecule has 0 atom stereocenters. The normalized spacial score (nSPS) is 11.8. The molecule has 5 nitrogen and oxygen atoms in total. The van der Waals surface area contributed by atoms with Gasteiger partial charge in [-0.15, -0.1) is 0 Å². The number of nitrogens with zero attached hydrogens (tertiary/aromatic N) is 2. The van der Waals surface area contributed by atoms with E-state index < -0.39 is 0 Å². The summed E-state index contributed by atoms with van der Waals surface area (Å²) in [5.74, 6) is 2.03. The average Bonchev–Trinajstić information content (AvgIpc) is 3.00. The molecule has 1 aromatic heterocycles. The number of methoxy groups -OCH3 is 2. The van der Waals surface area contributed by atoms with Crippen molar-refractivity contribution in [3.63, 3.8) is 0 Å². The van der Waals surface area contributed by atoms with Crippen molar-refractivity contribution in [3.05, 3.63) is 51.8 Å². The van der Waals surface area contributed by atoms with Gasteiger partial charge in [0.25, 0.3) is 5.91 Å². The number of thioether (sulfide) groups is 1. The van der Waals surface area contributed by atoms with Crippen LogP contribution in [-0.4, -0.2) is 36.7 Å². The Morgan fingerprint density at radius 1 is 1.14 bits per heavy atom. The predicted octanol–water partition coefficient (Wildman–Crippen LogP) is 4.44. The molecule has 148 valence electrons. The van der Waals surface area contributed by atoms with Gasteiger partial charge in [-0.1, -0.05) is 29.0 Å². The lowest BCUT2D eigenvalue weighted by Gasteiger charge is -2.09. The lowest BCUT2D eigenvalue weighted by Crippen LogP contribution is -2.18. The Morgan fingerprint density at radius 2 is 1.86 bits per heavy atom. The van der Waals surface area contributed by atoms with E-state index in [2.05, 4.69) is 15.8 Å². The van der Waals surface area contributed by atoms with E-state index in [0.29, 0.717) is 21.9 Å². The molecule has 0 aliphatic heterocycles. The number of thiazole rings is 1. The highest BCUT2D eigenvalue weighted by molar-refractivity contribution is 7.98. The fraction of sp³-hybridized carbons (Fsp3) is 0.333. The van der Waals surface area contributed by atoms with E-state index in [1.807, 2.05) is 44.2 Å². The van der Waals surface area contributed by atoms with Crippen LogP contribution in [0, 0.1) is 13.8 Å². The molecule has 0 saturated heterocycles. The van der Waals surface area contributed by atoms with Crippen molar-refractivity contribution in [3.8, 4) is 11.5 Å². The van der Waals surface area contributed by atoms with Crippen LogP contribution in [0.4, 0.5) is 0 Å². The molecule has 3 rings (SSSR count). The number of amides is 1. The molecule has 0 N–H and O–H groups in total. The minimum absolute atomic E-state index is 0.221. The fourth-order valence-electron chi connectivity index (χ4n) is 3.08. The van der Waals surface area contributed by atoms with Gasteiger partial charge in [-0.3, -0.25) is 4.79 Å². The standard InChI is InChI=1S/C21H24N2O3S2/c1-13-6-7-15(14(2)10-13)20(24)22-21-23(8-9-27-5)16-11-17(25-3)18(26-4)12-19(16)28-21/h6-7,10-12H,8-9H2,1-5H3. The molecule has 3 aromatic rings. The van der Waals surface area contributed by atoms with Gasteiger partial charge < -0.3 is 14.0 Å². The average molecular weight is 417 g/mol. The van der Waals surface area contributed by atoms with Crippen molar-refractivity contribution >= 4 is 39.2 Å². The summed E-state index contributed by atoms with van der Waals surface area (Å²) in [6.45, 7) is 4.72. The Bertz CT molecular complexity index is 1080. The highest BCUT2D eigenvalue weighted by Crippen LogP contribution is 2.33. The topological polar surface area (TPSA) is 52.8 Å². The van der Waals surface area contributed by atoms with E-state index in [0.717, 1.165) is 33.6 Å².